The van der Waals surface area contributed by atoms with Crippen LogP contribution in [0.3, 0.4) is 0 Å². The van der Waals surface area contributed by atoms with E-state index in [2.05, 4.69) is 24.3 Å². The fourth-order valence-electron chi connectivity index (χ4n) is 5.40. The SMILES string of the molecule is CC(=O)Oc1c2c(c(OC(C)=O)c3c1C1c4ccccc4C3c3ccccc31)SC(=C(C#N)C#N)S2. The number of carbonyl (C=O) groups is 2. The molecule has 0 radical (unpaired) electrons. The van der Waals surface area contributed by atoms with Gasteiger partial charge in [0.2, 0.25) is 0 Å². The maximum absolute atomic E-state index is 12.3. The largest absolute Gasteiger partial charge is 0.425 e. The first-order chi connectivity index (χ1) is 17.4. The number of hydrogen-bond donors (Lipinski definition) is 0. The lowest BCUT2D eigenvalue weighted by Crippen LogP contribution is -2.29. The van der Waals surface area contributed by atoms with Gasteiger partial charge >= 0.3 is 11.9 Å². The summed E-state index contributed by atoms with van der Waals surface area (Å²) in [5.74, 6) is -0.652. The van der Waals surface area contributed by atoms with E-state index in [1.54, 1.807) is 0 Å². The molecule has 0 spiro atoms. The molecule has 0 saturated heterocycles. The Morgan fingerprint density at radius 2 is 1.08 bits per heavy atom. The molecule has 0 unspecified atom stereocenters. The third-order valence-electron chi connectivity index (χ3n) is 6.52. The molecule has 4 aliphatic rings. The monoisotopic (exact) mass is 508 g/mol. The zero-order valence-electron chi connectivity index (χ0n) is 19.1. The van der Waals surface area contributed by atoms with Crippen molar-refractivity contribution in [3.05, 3.63) is 91.7 Å². The van der Waals surface area contributed by atoms with E-state index in [1.807, 2.05) is 36.4 Å². The lowest BCUT2D eigenvalue weighted by Gasteiger charge is -2.43. The van der Waals surface area contributed by atoms with Crippen molar-refractivity contribution in [3.63, 3.8) is 0 Å². The number of ether oxygens (including phenoxy) is 2. The summed E-state index contributed by atoms with van der Waals surface area (Å²) in [4.78, 5) is 25.8. The summed E-state index contributed by atoms with van der Waals surface area (Å²) in [5.41, 5.74) is 5.96. The molecule has 8 heteroatoms. The van der Waals surface area contributed by atoms with Crippen LogP contribution in [-0.4, -0.2) is 11.9 Å². The Labute approximate surface area is 215 Å². The van der Waals surface area contributed by atoms with E-state index in [1.165, 1.54) is 37.4 Å². The van der Waals surface area contributed by atoms with Gasteiger partial charge in [-0.3, -0.25) is 9.59 Å². The van der Waals surface area contributed by atoms with Crippen molar-refractivity contribution in [2.24, 2.45) is 0 Å². The van der Waals surface area contributed by atoms with Gasteiger partial charge in [0, 0.05) is 36.8 Å². The highest BCUT2D eigenvalue weighted by molar-refractivity contribution is 8.24. The average Bonchev–Trinajstić information content (AvgIpc) is 3.31. The molecule has 1 aliphatic heterocycles. The van der Waals surface area contributed by atoms with E-state index < -0.39 is 11.9 Å². The minimum atomic E-state index is -0.480. The average molecular weight is 509 g/mol. The van der Waals surface area contributed by atoms with Gasteiger partial charge in [0.25, 0.3) is 0 Å². The predicted molar refractivity (Wildman–Crippen MR) is 134 cm³/mol. The molecule has 6 nitrogen and oxygen atoms in total. The Hall–Kier alpha value is -3.98. The van der Waals surface area contributed by atoms with Gasteiger partial charge in [-0.15, -0.1) is 0 Å². The molecular weight excluding hydrogens is 492 g/mol. The van der Waals surface area contributed by atoms with E-state index in [4.69, 9.17) is 9.47 Å². The number of carbonyl (C=O) groups excluding carboxylic acids is 2. The number of rotatable bonds is 2. The number of allylic oxidation sites excluding steroid dienone is 1. The fraction of sp³-hybridized carbons (Fsp3) is 0.143. The molecule has 2 bridgehead atoms. The minimum Gasteiger partial charge on any atom is -0.425 e. The summed E-state index contributed by atoms with van der Waals surface area (Å²) in [5, 5.41) is 19.0. The first-order valence-electron chi connectivity index (χ1n) is 11.1. The van der Waals surface area contributed by atoms with Crippen LogP contribution in [0.1, 0.15) is 59.1 Å². The third kappa shape index (κ3) is 3.12. The van der Waals surface area contributed by atoms with Gasteiger partial charge in [-0.05, 0) is 22.3 Å². The highest BCUT2D eigenvalue weighted by Crippen LogP contribution is 2.68. The Morgan fingerprint density at radius 1 is 0.722 bits per heavy atom. The van der Waals surface area contributed by atoms with E-state index in [0.29, 0.717) is 25.5 Å². The predicted octanol–water partition coefficient (Wildman–Crippen LogP) is 5.98. The number of hydrogen-bond acceptors (Lipinski definition) is 8. The molecule has 0 aromatic heterocycles. The van der Waals surface area contributed by atoms with Crippen LogP contribution in [-0.2, 0) is 9.59 Å². The number of benzene rings is 3. The maximum atomic E-state index is 12.3. The Bertz CT molecular complexity index is 1480. The fourth-order valence-corrected chi connectivity index (χ4v) is 7.93. The summed E-state index contributed by atoms with van der Waals surface area (Å²) in [7, 11) is 0. The van der Waals surface area contributed by atoms with Gasteiger partial charge < -0.3 is 9.47 Å². The number of thioether (sulfide) groups is 2. The molecule has 1 heterocycles. The van der Waals surface area contributed by atoms with E-state index in [0.717, 1.165) is 33.4 Å². The molecule has 3 aliphatic carbocycles. The second-order valence-electron chi connectivity index (χ2n) is 8.55. The van der Waals surface area contributed by atoms with Crippen molar-refractivity contribution >= 4 is 35.5 Å². The molecule has 0 atom stereocenters. The van der Waals surface area contributed by atoms with Gasteiger partial charge in [-0.1, -0.05) is 72.1 Å². The highest BCUT2D eigenvalue weighted by atomic mass is 32.2. The Morgan fingerprint density at radius 3 is 1.39 bits per heavy atom. The molecule has 174 valence electrons. The van der Waals surface area contributed by atoms with Crippen molar-refractivity contribution in [2.75, 3.05) is 0 Å². The number of nitriles is 2. The Balaban J connectivity index is 1.75. The van der Waals surface area contributed by atoms with Crippen LogP contribution >= 0.6 is 23.5 Å². The van der Waals surface area contributed by atoms with Crippen LogP contribution < -0.4 is 9.47 Å². The minimum absolute atomic E-state index is 0.0451. The first-order valence-corrected chi connectivity index (χ1v) is 12.8. The number of fused-ring (bicyclic) bond motifs is 1. The van der Waals surface area contributed by atoms with Gasteiger partial charge in [0.05, 0.1) is 14.0 Å². The summed E-state index contributed by atoms with van der Waals surface area (Å²) in [6.45, 7) is 2.70. The van der Waals surface area contributed by atoms with Crippen LogP contribution in [0, 0.1) is 22.7 Å². The molecule has 0 amide bonds. The Kier molecular flexibility index (Phi) is 5.19. The molecular formula is C28H16N2O4S2. The van der Waals surface area contributed by atoms with Crippen LogP contribution in [0.5, 0.6) is 11.5 Å². The number of nitrogens with zero attached hydrogens (tertiary/aromatic N) is 2. The summed E-state index contributed by atoms with van der Waals surface area (Å²) in [6.07, 6.45) is 0. The van der Waals surface area contributed by atoms with Crippen LogP contribution in [0.25, 0.3) is 0 Å². The molecule has 36 heavy (non-hydrogen) atoms. The van der Waals surface area contributed by atoms with Gasteiger partial charge in [0.15, 0.2) is 11.5 Å². The summed E-state index contributed by atoms with van der Waals surface area (Å²) >= 11 is 2.39. The van der Waals surface area contributed by atoms with Gasteiger partial charge in [-0.2, -0.15) is 10.5 Å². The summed E-state index contributed by atoms with van der Waals surface area (Å²) < 4.78 is 12.2. The third-order valence-corrected chi connectivity index (χ3v) is 9.12. The lowest BCUT2D eigenvalue weighted by molar-refractivity contribution is -0.133. The molecule has 0 N–H and O–H groups in total. The molecule has 0 saturated carbocycles. The maximum Gasteiger partial charge on any atom is 0.308 e. The molecule has 3 aromatic carbocycles. The smallest absolute Gasteiger partial charge is 0.308 e. The molecule has 0 fully saturated rings. The number of esters is 2. The lowest BCUT2D eigenvalue weighted by atomic mass is 9.60. The zero-order valence-corrected chi connectivity index (χ0v) is 20.8. The van der Waals surface area contributed by atoms with Gasteiger partial charge in [0.1, 0.15) is 17.7 Å². The summed E-state index contributed by atoms with van der Waals surface area (Å²) in [6, 6.07) is 20.2. The van der Waals surface area contributed by atoms with Crippen molar-refractivity contribution in [1.29, 1.82) is 10.5 Å². The van der Waals surface area contributed by atoms with Crippen molar-refractivity contribution in [1.82, 2.24) is 0 Å². The topological polar surface area (TPSA) is 100 Å². The molecule has 7 rings (SSSR count). The van der Waals surface area contributed by atoms with Crippen molar-refractivity contribution < 1.29 is 19.1 Å². The second-order valence-corrected chi connectivity index (χ2v) is 10.8. The van der Waals surface area contributed by atoms with Crippen molar-refractivity contribution in [3.8, 4) is 23.6 Å². The van der Waals surface area contributed by atoms with Crippen LogP contribution in [0.2, 0.25) is 0 Å². The first kappa shape index (κ1) is 22.5. The van der Waals surface area contributed by atoms with Crippen LogP contribution in [0.4, 0.5) is 0 Å². The zero-order chi connectivity index (χ0) is 25.1. The van der Waals surface area contributed by atoms with E-state index in [9.17, 15) is 20.1 Å². The van der Waals surface area contributed by atoms with E-state index in [-0.39, 0.29) is 17.4 Å². The molecule has 3 aromatic rings. The quantitative estimate of drug-likeness (QED) is 0.163. The van der Waals surface area contributed by atoms with Gasteiger partial charge in [-0.25, -0.2) is 0 Å². The highest BCUT2D eigenvalue weighted by Gasteiger charge is 2.48. The van der Waals surface area contributed by atoms with Crippen LogP contribution in [0.15, 0.2) is 68.1 Å². The van der Waals surface area contributed by atoms with E-state index >= 15 is 0 Å². The normalized spacial score (nSPS) is 17.6. The standard InChI is InChI=1S/C28H16N2O4S2/c1-13(31)33-24-22-20-16-7-3-5-9-18(16)21(19-10-6-4-8-17(19)20)23(22)25(34-14(2)32)27-26(24)35-28(36-27)15(11-29)12-30/h3-10,20-21H,1-2H3. The van der Waals surface area contributed by atoms with Crippen molar-refractivity contribution in [2.45, 2.75) is 35.5 Å². The second kappa shape index (κ2) is 8.30.